The van der Waals surface area contributed by atoms with Gasteiger partial charge in [-0.3, -0.25) is 14.9 Å². The van der Waals surface area contributed by atoms with Crippen molar-refractivity contribution in [2.75, 3.05) is 38.6 Å². The van der Waals surface area contributed by atoms with Gasteiger partial charge < -0.3 is 30.1 Å². The van der Waals surface area contributed by atoms with Gasteiger partial charge in [-0.25, -0.2) is 9.59 Å². The third kappa shape index (κ3) is 11.1. The Labute approximate surface area is 278 Å². The average molecular weight is 653 g/mol. The third-order valence-corrected chi connectivity index (χ3v) is 9.02. The van der Waals surface area contributed by atoms with Crippen LogP contribution >= 0.6 is 0 Å². The lowest BCUT2D eigenvalue weighted by atomic mass is 10.0. The summed E-state index contributed by atoms with van der Waals surface area (Å²) in [4.78, 5) is 52.9. The number of amides is 1. The zero-order chi connectivity index (χ0) is 34.3. The van der Waals surface area contributed by atoms with Crippen molar-refractivity contribution in [1.29, 1.82) is 0 Å². The van der Waals surface area contributed by atoms with Crippen molar-refractivity contribution in [2.45, 2.75) is 90.4 Å². The lowest BCUT2D eigenvalue weighted by Crippen LogP contribution is -2.55. The van der Waals surface area contributed by atoms with Gasteiger partial charge in [0, 0.05) is 18.3 Å². The number of nitrogen functional groups attached to an aromatic ring is 1. The molecular weight excluding hydrogens is 600 g/mol. The van der Waals surface area contributed by atoms with Crippen LogP contribution in [0.25, 0.3) is 0 Å². The van der Waals surface area contributed by atoms with Crippen molar-refractivity contribution in [3.8, 4) is 0 Å². The minimum atomic E-state index is -0.948. The zero-order valence-corrected chi connectivity index (χ0v) is 28.2. The van der Waals surface area contributed by atoms with Crippen molar-refractivity contribution >= 4 is 29.5 Å². The summed E-state index contributed by atoms with van der Waals surface area (Å²) in [6, 6.07) is 14.5. The first-order chi connectivity index (χ1) is 22.6. The van der Waals surface area contributed by atoms with Gasteiger partial charge in [-0.2, -0.15) is 0 Å². The molecule has 0 spiro atoms. The average Bonchev–Trinajstić information content (AvgIpc) is 3.68. The van der Waals surface area contributed by atoms with Crippen molar-refractivity contribution in [3.05, 3.63) is 65.7 Å². The van der Waals surface area contributed by atoms with Crippen LogP contribution in [-0.2, 0) is 30.3 Å². The van der Waals surface area contributed by atoms with Gasteiger partial charge in [0.2, 0.25) is 5.91 Å². The number of carboxylic acid groups (broad SMARTS) is 1. The van der Waals surface area contributed by atoms with E-state index in [0.29, 0.717) is 37.1 Å². The van der Waals surface area contributed by atoms with Gasteiger partial charge in [0.05, 0.1) is 18.2 Å². The molecule has 1 aliphatic heterocycles. The number of rotatable bonds is 15. The topological polar surface area (TPSA) is 152 Å². The maximum atomic E-state index is 13.2. The van der Waals surface area contributed by atoms with Gasteiger partial charge in [0.15, 0.2) is 0 Å². The second-order valence-electron chi connectivity index (χ2n) is 12.1. The molecule has 1 heterocycles. The number of carbonyl (C=O) groups excluding carboxylic acids is 3. The number of esters is 2. The number of nitrogens with one attached hydrogen (secondary N) is 1. The van der Waals surface area contributed by atoms with Gasteiger partial charge in [-0.05, 0) is 94.8 Å². The van der Waals surface area contributed by atoms with Crippen LogP contribution in [0.15, 0.2) is 54.6 Å². The smallest absolute Gasteiger partial charge is 0.338 e. The van der Waals surface area contributed by atoms with Crippen LogP contribution in [-0.4, -0.2) is 95.7 Å². The maximum Gasteiger partial charge on any atom is 0.338 e. The highest BCUT2D eigenvalue weighted by molar-refractivity contribution is 5.90. The van der Waals surface area contributed by atoms with E-state index >= 15 is 0 Å². The Morgan fingerprint density at radius 3 is 2.30 bits per heavy atom. The summed E-state index contributed by atoms with van der Waals surface area (Å²) in [5.74, 6) is -1.61. The molecule has 1 aliphatic carbocycles. The Kier molecular flexibility index (Phi) is 15.2. The number of nitrogens with two attached hydrogens (primary N) is 1. The van der Waals surface area contributed by atoms with E-state index in [0.717, 1.165) is 44.5 Å². The summed E-state index contributed by atoms with van der Waals surface area (Å²) in [6.07, 6.45) is 4.54. The van der Waals surface area contributed by atoms with Crippen LogP contribution in [0.1, 0.15) is 75.7 Å². The molecule has 2 aromatic carbocycles. The molecule has 4 N–H and O–H groups in total. The fourth-order valence-corrected chi connectivity index (χ4v) is 6.40. The minimum Gasteiger partial charge on any atom is -0.480 e. The van der Waals surface area contributed by atoms with Crippen LogP contribution < -0.4 is 11.1 Å². The van der Waals surface area contributed by atoms with Crippen molar-refractivity contribution < 1.29 is 33.8 Å². The van der Waals surface area contributed by atoms with Crippen molar-refractivity contribution in [3.63, 3.8) is 0 Å². The number of benzene rings is 2. The predicted molar refractivity (Wildman–Crippen MR) is 181 cm³/mol. The lowest BCUT2D eigenvalue weighted by Gasteiger charge is -2.31. The van der Waals surface area contributed by atoms with Crippen LogP contribution in [0.2, 0.25) is 0 Å². The van der Waals surface area contributed by atoms with Gasteiger partial charge in [-0.15, -0.1) is 0 Å². The van der Waals surface area contributed by atoms with E-state index in [4.69, 9.17) is 15.2 Å². The van der Waals surface area contributed by atoms with Crippen LogP contribution in [0.3, 0.4) is 0 Å². The highest BCUT2D eigenvalue weighted by Gasteiger charge is 2.49. The number of aryl methyl sites for hydroxylation is 1. The van der Waals surface area contributed by atoms with Gasteiger partial charge in [0.1, 0.15) is 18.7 Å². The SMILES string of the molecule is CCN(CC)CCOC(=O)c1ccc(N)cc1.CCOC(=O)[C@H](CCc1ccccc1)N[C@@H](C)C(=O)N1[C@H](C(=O)O)C[C@@H]2CCC[C@@H]21. The molecule has 1 saturated carbocycles. The van der Waals surface area contributed by atoms with E-state index in [2.05, 4.69) is 24.1 Å². The van der Waals surface area contributed by atoms with Gasteiger partial charge in [-0.1, -0.05) is 50.6 Å². The number of aliphatic carboxylic acids is 1. The standard InChI is InChI=1S/C23H32N2O5.C13H20N2O2/c1-3-30-23(29)18(13-12-16-8-5-4-6-9-16)24-15(2)21(26)25-19-11-7-10-17(19)14-20(25)22(27)28;1-3-15(4-2)9-10-17-13(16)11-5-7-12(14)8-6-11/h4-6,8-9,15,17-20,24H,3,7,10-14H2,1-2H3,(H,27,28);5-8H,3-4,9-10,14H2,1-2H3/t15-,17-,18-,19-,20-;/m0./s1. The molecule has 258 valence electrons. The first kappa shape index (κ1) is 37.5. The minimum absolute atomic E-state index is 0.00629. The number of anilines is 1. The number of nitrogens with zero attached hydrogens (tertiary/aromatic N) is 2. The van der Waals surface area contributed by atoms with E-state index in [1.165, 1.54) is 0 Å². The summed E-state index contributed by atoms with van der Waals surface area (Å²) in [7, 11) is 0. The summed E-state index contributed by atoms with van der Waals surface area (Å²) >= 11 is 0. The molecule has 0 unspecified atom stereocenters. The fraction of sp³-hybridized carbons (Fsp3) is 0.556. The molecule has 0 bridgehead atoms. The van der Waals surface area contributed by atoms with E-state index < -0.39 is 24.1 Å². The number of carboxylic acids is 1. The Morgan fingerprint density at radius 1 is 1.00 bits per heavy atom. The molecule has 5 atom stereocenters. The van der Waals surface area contributed by atoms with Gasteiger partial charge >= 0.3 is 17.9 Å². The largest absolute Gasteiger partial charge is 0.480 e. The lowest BCUT2D eigenvalue weighted by molar-refractivity contribution is -0.151. The Balaban J connectivity index is 0.000000300. The van der Waals surface area contributed by atoms with Crippen LogP contribution in [0, 0.1) is 5.92 Å². The molecular formula is C36H52N4O7. The molecule has 4 rings (SSSR count). The van der Waals surface area contributed by atoms with E-state index in [1.54, 1.807) is 43.0 Å². The molecule has 2 aliphatic rings. The Bertz CT molecular complexity index is 1290. The fourth-order valence-electron chi connectivity index (χ4n) is 6.40. The van der Waals surface area contributed by atoms with Gasteiger partial charge in [0.25, 0.3) is 0 Å². The molecule has 2 fully saturated rings. The zero-order valence-electron chi connectivity index (χ0n) is 28.2. The molecule has 11 heteroatoms. The highest BCUT2D eigenvalue weighted by Crippen LogP contribution is 2.41. The maximum absolute atomic E-state index is 13.2. The quantitative estimate of drug-likeness (QED) is 0.189. The summed E-state index contributed by atoms with van der Waals surface area (Å²) in [5.41, 5.74) is 7.83. The molecule has 11 nitrogen and oxygen atoms in total. The first-order valence-electron chi connectivity index (χ1n) is 16.9. The van der Waals surface area contributed by atoms with Crippen LogP contribution in [0.4, 0.5) is 5.69 Å². The molecule has 47 heavy (non-hydrogen) atoms. The number of carbonyl (C=O) groups is 4. The Hall–Kier alpha value is -3.96. The van der Waals surface area contributed by atoms with E-state index in [1.807, 2.05) is 30.3 Å². The molecule has 1 saturated heterocycles. The molecule has 1 amide bonds. The van der Waals surface area contributed by atoms with E-state index in [9.17, 15) is 24.3 Å². The number of fused-ring (bicyclic) bond motifs is 1. The number of hydrogen-bond acceptors (Lipinski definition) is 9. The predicted octanol–water partition coefficient (Wildman–Crippen LogP) is 4.15. The highest BCUT2D eigenvalue weighted by atomic mass is 16.5. The second-order valence-corrected chi connectivity index (χ2v) is 12.1. The molecule has 2 aromatic rings. The second kappa shape index (κ2) is 19.0. The monoisotopic (exact) mass is 652 g/mol. The molecule has 0 aromatic heterocycles. The third-order valence-electron chi connectivity index (χ3n) is 9.02. The van der Waals surface area contributed by atoms with Crippen molar-refractivity contribution in [2.24, 2.45) is 5.92 Å². The molecule has 0 radical (unpaired) electrons. The normalized spacial score (nSPS) is 19.7. The van der Waals surface area contributed by atoms with Crippen LogP contribution in [0.5, 0.6) is 0 Å². The first-order valence-corrected chi connectivity index (χ1v) is 16.9. The summed E-state index contributed by atoms with van der Waals surface area (Å²) in [6.45, 7) is 11.0. The summed E-state index contributed by atoms with van der Waals surface area (Å²) in [5, 5.41) is 12.8. The number of hydrogen-bond donors (Lipinski definition) is 3. The van der Waals surface area contributed by atoms with Crippen molar-refractivity contribution in [1.82, 2.24) is 15.1 Å². The number of likely N-dealkylation sites (N-methyl/N-ethyl adjacent to an activating group) is 1. The number of likely N-dealkylation sites (tertiary alicyclic amines) is 1. The summed E-state index contributed by atoms with van der Waals surface area (Å²) < 4.78 is 10.4. The van der Waals surface area contributed by atoms with E-state index in [-0.39, 0.29) is 36.4 Å². The number of ether oxygens (including phenoxy) is 2. The Morgan fingerprint density at radius 2 is 1.68 bits per heavy atom.